The predicted molar refractivity (Wildman–Crippen MR) is 75.6 cm³/mol. The van der Waals surface area contributed by atoms with Crippen LogP contribution in [0.15, 0.2) is 29.2 Å². The van der Waals surface area contributed by atoms with Crippen molar-refractivity contribution in [3.8, 4) is 0 Å². The van der Waals surface area contributed by atoms with E-state index in [0.29, 0.717) is 0 Å². The van der Waals surface area contributed by atoms with Crippen LogP contribution in [0, 0.1) is 0 Å². The Morgan fingerprint density at radius 1 is 1.10 bits per heavy atom. The number of rotatable bonds is 8. The molecule has 0 radical (unpaired) electrons. The van der Waals surface area contributed by atoms with Crippen LogP contribution >= 0.6 is 0 Å². The molecule has 114 valence electrons. The number of sulfonamides is 1. The summed E-state index contributed by atoms with van der Waals surface area (Å²) in [4.78, 5) is -0.0104. The van der Waals surface area contributed by atoms with Gasteiger partial charge in [-0.25, -0.2) is 13.1 Å². The highest BCUT2D eigenvalue weighted by atomic mass is 32.2. The minimum absolute atomic E-state index is 0.0104. The van der Waals surface area contributed by atoms with Crippen LogP contribution in [0.5, 0.6) is 0 Å². The molecule has 0 unspecified atom stereocenters. The van der Waals surface area contributed by atoms with Crippen molar-refractivity contribution in [3.63, 3.8) is 0 Å². The molecule has 0 amide bonds. The third-order valence-electron chi connectivity index (χ3n) is 2.29. The molecule has 1 rings (SSSR count). The summed E-state index contributed by atoms with van der Waals surface area (Å²) in [6.07, 6.45) is 0. The number of anilines is 1. The van der Waals surface area contributed by atoms with Gasteiger partial charge in [-0.05, 0) is 12.1 Å². The van der Waals surface area contributed by atoms with Gasteiger partial charge in [0.25, 0.3) is 10.1 Å². The van der Waals surface area contributed by atoms with Gasteiger partial charge in [0, 0.05) is 19.6 Å². The molecule has 0 atom stereocenters. The number of hydrogen-bond donors (Lipinski definition) is 4. The zero-order valence-corrected chi connectivity index (χ0v) is 12.2. The second-order valence-electron chi connectivity index (χ2n) is 3.90. The molecular formula is C10H17N3O5S2. The van der Waals surface area contributed by atoms with Crippen LogP contribution < -0.4 is 15.8 Å². The smallest absolute Gasteiger partial charge is 0.266 e. The highest BCUT2D eigenvalue weighted by molar-refractivity contribution is 7.89. The van der Waals surface area contributed by atoms with E-state index in [4.69, 9.17) is 10.3 Å². The van der Waals surface area contributed by atoms with Crippen LogP contribution in [-0.2, 0) is 20.1 Å². The second-order valence-corrected chi connectivity index (χ2v) is 7.20. The van der Waals surface area contributed by atoms with Crippen molar-refractivity contribution in [2.45, 2.75) is 4.90 Å². The Balaban J connectivity index is 2.88. The van der Waals surface area contributed by atoms with Crippen molar-refractivity contribution in [1.82, 2.24) is 4.72 Å². The van der Waals surface area contributed by atoms with Crippen LogP contribution in [0.2, 0.25) is 0 Å². The first-order valence-electron chi connectivity index (χ1n) is 5.74. The number of nitrogens with two attached hydrogens (primary N) is 1. The number of nitrogens with one attached hydrogen (secondary N) is 2. The summed E-state index contributed by atoms with van der Waals surface area (Å²) in [6, 6.07) is 6.04. The van der Waals surface area contributed by atoms with E-state index in [1.54, 1.807) is 12.1 Å². The van der Waals surface area contributed by atoms with Gasteiger partial charge in [0.2, 0.25) is 10.0 Å². The number of para-hydroxylation sites is 1. The van der Waals surface area contributed by atoms with E-state index in [2.05, 4.69) is 10.0 Å². The molecular weight excluding hydrogens is 306 g/mol. The van der Waals surface area contributed by atoms with Crippen molar-refractivity contribution >= 4 is 25.8 Å². The van der Waals surface area contributed by atoms with E-state index in [1.807, 2.05) is 0 Å². The molecule has 0 fully saturated rings. The summed E-state index contributed by atoms with van der Waals surface area (Å²) in [5, 5.41) is 2.66. The monoisotopic (exact) mass is 323 g/mol. The lowest BCUT2D eigenvalue weighted by molar-refractivity contribution is 0.484. The van der Waals surface area contributed by atoms with E-state index in [-0.39, 0.29) is 30.2 Å². The minimum Gasteiger partial charge on any atom is -0.383 e. The Hall–Kier alpha value is -1.20. The van der Waals surface area contributed by atoms with E-state index in [9.17, 15) is 16.8 Å². The van der Waals surface area contributed by atoms with Crippen LogP contribution in [0.4, 0.5) is 5.69 Å². The van der Waals surface area contributed by atoms with Crippen molar-refractivity contribution < 1.29 is 21.4 Å². The Labute approximate surface area is 118 Å². The van der Waals surface area contributed by atoms with Gasteiger partial charge >= 0.3 is 0 Å². The molecule has 1 aromatic rings. The summed E-state index contributed by atoms with van der Waals surface area (Å²) in [5.74, 6) is -0.516. The van der Waals surface area contributed by atoms with Gasteiger partial charge in [-0.1, -0.05) is 12.1 Å². The van der Waals surface area contributed by atoms with Gasteiger partial charge in [0.15, 0.2) is 0 Å². The highest BCUT2D eigenvalue weighted by Gasteiger charge is 2.17. The summed E-state index contributed by atoms with van der Waals surface area (Å²) >= 11 is 0. The first kappa shape index (κ1) is 16.9. The zero-order chi connectivity index (χ0) is 15.2. The van der Waals surface area contributed by atoms with E-state index in [0.717, 1.165) is 0 Å². The lowest BCUT2D eigenvalue weighted by atomic mass is 10.3. The summed E-state index contributed by atoms with van der Waals surface area (Å²) in [5.41, 5.74) is 5.49. The van der Waals surface area contributed by atoms with E-state index >= 15 is 0 Å². The van der Waals surface area contributed by atoms with E-state index in [1.165, 1.54) is 12.1 Å². The highest BCUT2D eigenvalue weighted by Crippen LogP contribution is 2.20. The molecule has 0 spiro atoms. The number of hydrogen-bond acceptors (Lipinski definition) is 6. The molecule has 8 nitrogen and oxygen atoms in total. The van der Waals surface area contributed by atoms with Crippen LogP contribution in [0.3, 0.4) is 0 Å². The van der Waals surface area contributed by atoms with Gasteiger partial charge in [0.1, 0.15) is 4.90 Å². The van der Waals surface area contributed by atoms with Crippen molar-refractivity contribution in [3.05, 3.63) is 24.3 Å². The maximum atomic E-state index is 12.0. The zero-order valence-electron chi connectivity index (χ0n) is 10.6. The topological polar surface area (TPSA) is 139 Å². The first-order chi connectivity index (χ1) is 9.26. The summed E-state index contributed by atoms with van der Waals surface area (Å²) < 4.78 is 56.2. The number of benzene rings is 1. The van der Waals surface area contributed by atoms with Gasteiger partial charge in [-0.3, -0.25) is 4.55 Å². The fraction of sp³-hybridized carbons (Fsp3) is 0.400. The summed E-state index contributed by atoms with van der Waals surface area (Å²) in [6.45, 7) is 0.154. The largest absolute Gasteiger partial charge is 0.383 e. The average Bonchev–Trinajstić information content (AvgIpc) is 2.35. The third-order valence-corrected chi connectivity index (χ3v) is 4.53. The molecule has 5 N–H and O–H groups in total. The van der Waals surface area contributed by atoms with Crippen molar-refractivity contribution in [1.29, 1.82) is 0 Å². The Kier molecular flexibility index (Phi) is 5.89. The van der Waals surface area contributed by atoms with Gasteiger partial charge in [0.05, 0.1) is 11.4 Å². The SMILES string of the molecule is NCCNS(=O)(=O)c1ccccc1NCCS(=O)(=O)O. The van der Waals surface area contributed by atoms with E-state index < -0.39 is 25.9 Å². The van der Waals surface area contributed by atoms with Crippen molar-refractivity contribution in [2.75, 3.05) is 30.7 Å². The molecule has 1 aromatic carbocycles. The summed E-state index contributed by atoms with van der Waals surface area (Å²) in [7, 11) is -7.82. The van der Waals surface area contributed by atoms with Gasteiger partial charge in [-0.15, -0.1) is 0 Å². The fourth-order valence-corrected chi connectivity index (χ4v) is 3.02. The minimum atomic E-state index is -4.10. The predicted octanol–water partition coefficient (Wildman–Crippen LogP) is -0.777. The van der Waals surface area contributed by atoms with Crippen LogP contribution in [-0.4, -0.2) is 46.8 Å². The van der Waals surface area contributed by atoms with Gasteiger partial charge < -0.3 is 11.1 Å². The van der Waals surface area contributed by atoms with Gasteiger partial charge in [-0.2, -0.15) is 8.42 Å². The molecule has 0 heterocycles. The molecule has 0 saturated carbocycles. The maximum Gasteiger partial charge on any atom is 0.266 e. The molecule has 0 aliphatic rings. The Bertz CT molecular complexity index is 643. The van der Waals surface area contributed by atoms with Crippen LogP contribution in [0.25, 0.3) is 0 Å². The standard InChI is InChI=1S/C10H17N3O5S2/c11-5-6-13-20(17,18)10-4-2-1-3-9(10)12-7-8-19(14,15)16/h1-4,12-13H,5-8,11H2,(H,14,15,16). The molecule has 20 heavy (non-hydrogen) atoms. The Morgan fingerprint density at radius 3 is 2.35 bits per heavy atom. The molecule has 10 heteroatoms. The fourth-order valence-electron chi connectivity index (χ4n) is 1.43. The molecule has 0 bridgehead atoms. The molecule has 0 saturated heterocycles. The maximum absolute atomic E-state index is 12.0. The first-order valence-corrected chi connectivity index (χ1v) is 8.83. The third kappa shape index (κ3) is 5.43. The second kappa shape index (κ2) is 6.99. The molecule has 0 aromatic heterocycles. The molecule has 0 aliphatic carbocycles. The Morgan fingerprint density at radius 2 is 1.75 bits per heavy atom. The normalized spacial score (nSPS) is 12.3. The lowest BCUT2D eigenvalue weighted by Gasteiger charge is -2.12. The van der Waals surface area contributed by atoms with Crippen molar-refractivity contribution in [2.24, 2.45) is 5.73 Å². The molecule has 0 aliphatic heterocycles. The average molecular weight is 323 g/mol. The van der Waals surface area contributed by atoms with Crippen LogP contribution in [0.1, 0.15) is 0 Å². The lowest BCUT2D eigenvalue weighted by Crippen LogP contribution is -2.30. The quantitative estimate of drug-likeness (QED) is 0.460.